The molecule has 0 spiro atoms. The summed E-state index contributed by atoms with van der Waals surface area (Å²) in [5.41, 5.74) is 2.01. The van der Waals surface area contributed by atoms with Crippen LogP contribution >= 0.6 is 0 Å². The minimum Gasteiger partial charge on any atom is -0.312 e. The minimum absolute atomic E-state index is 0.208. The number of rotatable bonds is 4. The first-order valence-electron chi connectivity index (χ1n) is 5.17. The number of carbonyl (C=O) groups is 2. The van der Waals surface area contributed by atoms with Gasteiger partial charge in [0.05, 0.1) is 0 Å². The summed E-state index contributed by atoms with van der Waals surface area (Å²) < 4.78 is 0. The lowest BCUT2D eigenvalue weighted by atomic mass is 10.1. The molecule has 0 aliphatic carbocycles. The summed E-state index contributed by atoms with van der Waals surface area (Å²) in [4.78, 5) is 23.2. The van der Waals surface area contributed by atoms with Crippen LogP contribution in [-0.2, 0) is 16.0 Å². The molecule has 0 fully saturated rings. The van der Waals surface area contributed by atoms with Crippen molar-refractivity contribution in [2.24, 2.45) is 0 Å². The number of hydrogen-bond donors (Lipinski definition) is 0. The molecule has 0 radical (unpaired) electrons. The number of likely N-dealkylation sites (N-methyl/N-ethyl adjacent to an activating group) is 1. The Balaban J connectivity index is 2.86. The largest absolute Gasteiger partial charge is 0.312 e. The van der Waals surface area contributed by atoms with E-state index in [9.17, 15) is 9.59 Å². The third-order valence-electron chi connectivity index (χ3n) is 2.35. The highest BCUT2D eigenvalue weighted by molar-refractivity contribution is 6.02. The van der Waals surface area contributed by atoms with Crippen molar-refractivity contribution >= 4 is 17.9 Å². The standard InChI is InChI=1S/C13H15NO2/c1-3-11-6-4-7-12(10-11)14(2)13(16)8-5-9-15/h4-10H,3H2,1-2H3/b8-5-. The summed E-state index contributed by atoms with van der Waals surface area (Å²) >= 11 is 0. The first kappa shape index (κ1) is 12.2. The second-order valence-electron chi connectivity index (χ2n) is 3.42. The van der Waals surface area contributed by atoms with Crippen LogP contribution in [0, 0.1) is 0 Å². The average molecular weight is 217 g/mol. The lowest BCUT2D eigenvalue weighted by molar-refractivity contribution is -0.114. The van der Waals surface area contributed by atoms with E-state index >= 15 is 0 Å². The molecule has 0 atom stereocenters. The van der Waals surface area contributed by atoms with E-state index < -0.39 is 0 Å². The Labute approximate surface area is 95.4 Å². The van der Waals surface area contributed by atoms with Gasteiger partial charge in [-0.25, -0.2) is 0 Å². The Kier molecular flexibility index (Phi) is 4.45. The summed E-state index contributed by atoms with van der Waals surface area (Å²) in [6.07, 6.45) is 3.97. The van der Waals surface area contributed by atoms with Gasteiger partial charge in [-0.05, 0) is 30.2 Å². The van der Waals surface area contributed by atoms with Crippen molar-refractivity contribution in [3.8, 4) is 0 Å². The lowest BCUT2D eigenvalue weighted by Crippen LogP contribution is -2.24. The van der Waals surface area contributed by atoms with Crippen LogP contribution in [0.1, 0.15) is 12.5 Å². The molecule has 1 amide bonds. The maximum Gasteiger partial charge on any atom is 0.250 e. The third-order valence-corrected chi connectivity index (χ3v) is 2.35. The van der Waals surface area contributed by atoms with Gasteiger partial charge in [0.25, 0.3) is 5.91 Å². The Morgan fingerprint density at radius 3 is 2.81 bits per heavy atom. The van der Waals surface area contributed by atoms with Crippen LogP contribution in [0.3, 0.4) is 0 Å². The fourth-order valence-corrected chi connectivity index (χ4v) is 1.35. The molecule has 1 aromatic rings. The summed E-state index contributed by atoms with van der Waals surface area (Å²) in [7, 11) is 1.69. The normalized spacial score (nSPS) is 10.4. The molecule has 3 heteroatoms. The zero-order chi connectivity index (χ0) is 12.0. The highest BCUT2D eigenvalue weighted by Gasteiger charge is 2.07. The van der Waals surface area contributed by atoms with Crippen LogP contribution in [0.4, 0.5) is 5.69 Å². The molecular weight excluding hydrogens is 202 g/mol. The Bertz CT molecular complexity index is 410. The number of benzene rings is 1. The molecule has 0 aromatic heterocycles. The minimum atomic E-state index is -0.208. The Hall–Kier alpha value is -1.90. The van der Waals surface area contributed by atoms with Crippen molar-refractivity contribution < 1.29 is 9.59 Å². The highest BCUT2D eigenvalue weighted by Crippen LogP contribution is 2.15. The van der Waals surface area contributed by atoms with Crippen LogP contribution in [0.5, 0.6) is 0 Å². The van der Waals surface area contributed by atoms with E-state index in [4.69, 9.17) is 0 Å². The number of nitrogens with zero attached hydrogens (tertiary/aromatic N) is 1. The molecule has 0 saturated heterocycles. The van der Waals surface area contributed by atoms with Crippen LogP contribution < -0.4 is 4.90 Å². The number of aldehydes is 1. The molecule has 0 bridgehead atoms. The Morgan fingerprint density at radius 1 is 1.44 bits per heavy atom. The van der Waals surface area contributed by atoms with Crippen LogP contribution in [0.15, 0.2) is 36.4 Å². The van der Waals surface area contributed by atoms with Crippen molar-refractivity contribution in [2.45, 2.75) is 13.3 Å². The van der Waals surface area contributed by atoms with E-state index in [1.54, 1.807) is 7.05 Å². The van der Waals surface area contributed by atoms with Crippen LogP contribution in [-0.4, -0.2) is 19.2 Å². The highest BCUT2D eigenvalue weighted by atomic mass is 16.2. The quantitative estimate of drug-likeness (QED) is 0.571. The summed E-state index contributed by atoms with van der Waals surface area (Å²) in [6.45, 7) is 2.06. The molecule has 84 valence electrons. The van der Waals surface area contributed by atoms with Gasteiger partial charge in [0.1, 0.15) is 6.29 Å². The van der Waals surface area contributed by atoms with E-state index in [1.165, 1.54) is 22.6 Å². The lowest BCUT2D eigenvalue weighted by Gasteiger charge is -2.15. The molecular formula is C13H15NO2. The maximum atomic E-state index is 11.6. The molecule has 3 nitrogen and oxygen atoms in total. The van der Waals surface area contributed by atoms with Gasteiger partial charge in [0.15, 0.2) is 0 Å². The smallest absolute Gasteiger partial charge is 0.250 e. The number of amides is 1. The first-order valence-corrected chi connectivity index (χ1v) is 5.17. The molecule has 1 rings (SSSR count). The van der Waals surface area contributed by atoms with Crippen LogP contribution in [0.2, 0.25) is 0 Å². The number of anilines is 1. The fraction of sp³-hybridized carbons (Fsp3) is 0.231. The van der Waals surface area contributed by atoms with Gasteiger partial charge in [-0.2, -0.15) is 0 Å². The number of allylic oxidation sites excluding steroid dienone is 1. The van der Waals surface area contributed by atoms with E-state index in [0.717, 1.165) is 12.1 Å². The first-order chi connectivity index (χ1) is 7.69. The van der Waals surface area contributed by atoms with Crippen molar-refractivity contribution in [3.05, 3.63) is 42.0 Å². The van der Waals surface area contributed by atoms with Gasteiger partial charge in [0, 0.05) is 18.8 Å². The molecule has 0 heterocycles. The van der Waals surface area contributed by atoms with Crippen molar-refractivity contribution in [1.29, 1.82) is 0 Å². The predicted molar refractivity (Wildman–Crippen MR) is 64.4 cm³/mol. The molecule has 0 N–H and O–H groups in total. The SMILES string of the molecule is CCc1cccc(N(C)C(=O)/C=C\C=O)c1. The van der Waals surface area contributed by atoms with E-state index in [0.29, 0.717) is 6.29 Å². The number of carbonyl (C=O) groups excluding carboxylic acids is 2. The zero-order valence-electron chi connectivity index (χ0n) is 9.51. The van der Waals surface area contributed by atoms with Crippen molar-refractivity contribution in [3.63, 3.8) is 0 Å². The average Bonchev–Trinajstić information content (AvgIpc) is 2.35. The summed E-state index contributed by atoms with van der Waals surface area (Å²) in [5.74, 6) is -0.208. The topological polar surface area (TPSA) is 37.4 Å². The molecule has 16 heavy (non-hydrogen) atoms. The van der Waals surface area contributed by atoms with Gasteiger partial charge in [-0.3, -0.25) is 9.59 Å². The van der Waals surface area contributed by atoms with Gasteiger partial charge >= 0.3 is 0 Å². The number of aryl methyl sites for hydroxylation is 1. The monoisotopic (exact) mass is 217 g/mol. The van der Waals surface area contributed by atoms with Crippen molar-refractivity contribution in [1.82, 2.24) is 0 Å². The predicted octanol–water partition coefficient (Wildman–Crippen LogP) is 1.97. The van der Waals surface area contributed by atoms with Crippen molar-refractivity contribution in [2.75, 3.05) is 11.9 Å². The van der Waals surface area contributed by atoms with Gasteiger partial charge in [-0.1, -0.05) is 19.1 Å². The Morgan fingerprint density at radius 2 is 2.19 bits per heavy atom. The van der Waals surface area contributed by atoms with E-state index in [2.05, 4.69) is 6.92 Å². The maximum absolute atomic E-state index is 11.6. The third kappa shape index (κ3) is 3.05. The van der Waals surface area contributed by atoms with E-state index in [1.807, 2.05) is 24.3 Å². The molecule has 0 unspecified atom stereocenters. The number of hydrogen-bond acceptors (Lipinski definition) is 2. The summed E-state index contributed by atoms with van der Waals surface area (Å²) in [5, 5.41) is 0. The van der Waals surface area contributed by atoms with Crippen LogP contribution in [0.25, 0.3) is 0 Å². The molecule has 1 aromatic carbocycles. The second kappa shape index (κ2) is 5.85. The molecule has 0 aliphatic heterocycles. The fourth-order valence-electron chi connectivity index (χ4n) is 1.35. The van der Waals surface area contributed by atoms with Gasteiger partial charge < -0.3 is 4.90 Å². The molecule has 0 saturated carbocycles. The molecule has 0 aliphatic rings. The second-order valence-corrected chi connectivity index (χ2v) is 3.42. The van der Waals surface area contributed by atoms with Gasteiger partial charge in [0.2, 0.25) is 0 Å². The van der Waals surface area contributed by atoms with E-state index in [-0.39, 0.29) is 5.91 Å². The zero-order valence-corrected chi connectivity index (χ0v) is 9.51. The van der Waals surface area contributed by atoms with Gasteiger partial charge in [-0.15, -0.1) is 0 Å². The summed E-state index contributed by atoms with van der Waals surface area (Å²) in [6, 6.07) is 7.77.